The molecule has 0 fully saturated rings. The quantitative estimate of drug-likeness (QED) is 0.866. The molecule has 0 saturated heterocycles. The number of nitrogens with two attached hydrogens (primary N) is 1. The van der Waals surface area contributed by atoms with Crippen molar-refractivity contribution < 1.29 is 8.42 Å². The van der Waals surface area contributed by atoms with E-state index in [0.717, 1.165) is 4.47 Å². The van der Waals surface area contributed by atoms with E-state index in [0.29, 0.717) is 10.5 Å². The van der Waals surface area contributed by atoms with Crippen molar-refractivity contribution in [1.29, 1.82) is 0 Å². The summed E-state index contributed by atoms with van der Waals surface area (Å²) in [7, 11) is -3.42. The number of rotatable bonds is 1. The third kappa shape index (κ3) is 1.63. The summed E-state index contributed by atoms with van der Waals surface area (Å²) in [5.41, 5.74) is 5.71. The molecular weight excluding hydrogens is 290 g/mol. The molecule has 0 aromatic heterocycles. The molecule has 0 saturated carbocycles. The Morgan fingerprint density at radius 3 is 2.44 bits per heavy atom. The van der Waals surface area contributed by atoms with E-state index in [1.54, 1.807) is 32.1 Å². The Kier molecular flexibility index (Phi) is 2.53. The van der Waals surface area contributed by atoms with Gasteiger partial charge in [0.05, 0.1) is 9.80 Å². The van der Waals surface area contributed by atoms with E-state index >= 15 is 0 Å². The Balaban J connectivity index is 2.76. The van der Waals surface area contributed by atoms with Crippen molar-refractivity contribution in [2.75, 3.05) is 0 Å². The van der Waals surface area contributed by atoms with E-state index in [-0.39, 0.29) is 4.91 Å². The van der Waals surface area contributed by atoms with Crippen LogP contribution in [0.4, 0.5) is 0 Å². The van der Waals surface area contributed by atoms with Gasteiger partial charge in [0, 0.05) is 15.6 Å². The summed E-state index contributed by atoms with van der Waals surface area (Å²) < 4.78 is 25.2. The van der Waals surface area contributed by atoms with Crippen LogP contribution in [0.2, 0.25) is 0 Å². The Morgan fingerprint density at radius 2 is 1.94 bits per heavy atom. The van der Waals surface area contributed by atoms with Crippen molar-refractivity contribution in [1.82, 2.24) is 0 Å². The molecule has 0 unspecified atom stereocenters. The van der Waals surface area contributed by atoms with E-state index in [1.165, 1.54) is 0 Å². The van der Waals surface area contributed by atoms with Gasteiger partial charge in [-0.2, -0.15) is 0 Å². The van der Waals surface area contributed by atoms with Gasteiger partial charge in [0.1, 0.15) is 0 Å². The van der Waals surface area contributed by atoms with Gasteiger partial charge in [-0.25, -0.2) is 8.42 Å². The first-order valence-electron chi connectivity index (χ1n) is 4.79. The molecule has 0 spiro atoms. The maximum absolute atomic E-state index is 12.2. The second kappa shape index (κ2) is 3.42. The highest BCUT2D eigenvalue weighted by Crippen LogP contribution is 2.40. The van der Waals surface area contributed by atoms with Crippen LogP contribution in [0, 0.1) is 0 Å². The van der Waals surface area contributed by atoms with E-state index in [2.05, 4.69) is 15.9 Å². The molecule has 0 atom stereocenters. The third-order valence-corrected chi connectivity index (χ3v) is 5.35. The molecule has 1 heterocycles. The van der Waals surface area contributed by atoms with Crippen molar-refractivity contribution in [2.45, 2.75) is 24.3 Å². The summed E-state index contributed by atoms with van der Waals surface area (Å²) in [6.45, 7) is 3.38. The van der Waals surface area contributed by atoms with Crippen LogP contribution in [0.1, 0.15) is 19.4 Å². The number of benzene rings is 1. The minimum atomic E-state index is -3.42. The summed E-state index contributed by atoms with van der Waals surface area (Å²) in [4.78, 5) is 0.595. The molecule has 0 amide bonds. The molecule has 5 heteroatoms. The Hall–Kier alpha value is -0.650. The van der Waals surface area contributed by atoms with E-state index < -0.39 is 15.4 Å². The molecule has 0 aliphatic carbocycles. The molecule has 0 radical (unpaired) electrons. The zero-order valence-corrected chi connectivity index (χ0v) is 11.4. The summed E-state index contributed by atoms with van der Waals surface area (Å²) in [6.07, 6.45) is 1.65. The van der Waals surface area contributed by atoms with Crippen LogP contribution in [0.15, 0.2) is 32.5 Å². The lowest BCUT2D eigenvalue weighted by molar-refractivity contribution is 0.582. The second-order valence-corrected chi connectivity index (χ2v) is 7.13. The highest BCUT2D eigenvalue weighted by Gasteiger charge is 2.37. The van der Waals surface area contributed by atoms with Gasteiger partial charge in [-0.1, -0.05) is 22.0 Å². The zero-order valence-electron chi connectivity index (χ0n) is 8.99. The molecule has 2 N–H and O–H groups in total. The molecule has 1 aromatic rings. The summed E-state index contributed by atoms with van der Waals surface area (Å²) in [6, 6.07) is 5.13. The van der Waals surface area contributed by atoms with Gasteiger partial charge in [-0.15, -0.1) is 0 Å². The predicted octanol–water partition coefficient (Wildman–Crippen LogP) is 2.31. The zero-order chi connectivity index (χ0) is 12.1. The standard InChI is InChI=1S/C11H12BrNO2S/c1-11(2,13)10-6-7-8(12)4-3-5-9(7)16(10,14)15/h3-6H,13H2,1-2H3. The molecule has 16 heavy (non-hydrogen) atoms. The average molecular weight is 302 g/mol. The largest absolute Gasteiger partial charge is 0.321 e. The van der Waals surface area contributed by atoms with Crippen molar-refractivity contribution in [3.63, 3.8) is 0 Å². The fraction of sp³-hybridized carbons (Fsp3) is 0.273. The van der Waals surface area contributed by atoms with Crippen molar-refractivity contribution in [3.05, 3.63) is 33.1 Å². The van der Waals surface area contributed by atoms with Gasteiger partial charge >= 0.3 is 0 Å². The first-order chi connectivity index (χ1) is 7.24. The Labute approximate surface area is 103 Å². The van der Waals surface area contributed by atoms with Crippen molar-refractivity contribution in [3.8, 4) is 0 Å². The first kappa shape index (κ1) is 11.8. The number of hydrogen-bond donors (Lipinski definition) is 1. The minimum absolute atomic E-state index is 0.266. The molecule has 1 aliphatic heterocycles. The van der Waals surface area contributed by atoms with Crippen LogP contribution >= 0.6 is 15.9 Å². The molecule has 1 aromatic carbocycles. The molecule has 86 valence electrons. The lowest BCUT2D eigenvalue weighted by Gasteiger charge is -2.19. The number of hydrogen-bond acceptors (Lipinski definition) is 3. The van der Waals surface area contributed by atoms with Crippen molar-refractivity contribution in [2.24, 2.45) is 5.73 Å². The van der Waals surface area contributed by atoms with Gasteiger partial charge < -0.3 is 5.73 Å². The van der Waals surface area contributed by atoms with E-state index in [4.69, 9.17) is 5.73 Å². The summed E-state index contributed by atoms with van der Waals surface area (Å²) >= 11 is 3.34. The molecule has 3 nitrogen and oxygen atoms in total. The predicted molar refractivity (Wildman–Crippen MR) is 67.6 cm³/mol. The lowest BCUT2D eigenvalue weighted by Crippen LogP contribution is -2.36. The topological polar surface area (TPSA) is 60.2 Å². The monoisotopic (exact) mass is 301 g/mol. The average Bonchev–Trinajstić information content (AvgIpc) is 2.39. The van der Waals surface area contributed by atoms with Gasteiger partial charge in [-0.3, -0.25) is 0 Å². The second-order valence-electron chi connectivity index (χ2n) is 4.39. The normalized spacial score (nSPS) is 18.1. The minimum Gasteiger partial charge on any atom is -0.321 e. The van der Waals surface area contributed by atoms with Crippen LogP contribution in [0.5, 0.6) is 0 Å². The van der Waals surface area contributed by atoms with E-state index in [1.807, 2.05) is 6.07 Å². The fourth-order valence-corrected chi connectivity index (χ4v) is 4.28. The highest BCUT2D eigenvalue weighted by molar-refractivity contribution is 9.10. The number of fused-ring (bicyclic) bond motifs is 1. The van der Waals surface area contributed by atoms with Crippen LogP contribution in [-0.2, 0) is 9.84 Å². The lowest BCUT2D eigenvalue weighted by atomic mass is 10.0. The van der Waals surface area contributed by atoms with Crippen LogP contribution in [0.25, 0.3) is 6.08 Å². The van der Waals surface area contributed by atoms with Crippen molar-refractivity contribution >= 4 is 31.8 Å². The van der Waals surface area contributed by atoms with Gasteiger partial charge in [0.25, 0.3) is 0 Å². The van der Waals surface area contributed by atoms with Gasteiger partial charge in [-0.05, 0) is 32.1 Å². The molecule has 1 aliphatic rings. The molecule has 2 rings (SSSR count). The Morgan fingerprint density at radius 1 is 1.31 bits per heavy atom. The summed E-state index contributed by atoms with van der Waals surface area (Å²) in [5.74, 6) is 0. The van der Waals surface area contributed by atoms with Crippen LogP contribution in [-0.4, -0.2) is 14.0 Å². The maximum Gasteiger partial charge on any atom is 0.205 e. The SMILES string of the molecule is CC(C)(N)C1=Cc2c(Br)cccc2S1(=O)=O. The van der Waals surface area contributed by atoms with E-state index in [9.17, 15) is 8.42 Å². The third-order valence-electron chi connectivity index (χ3n) is 2.50. The van der Waals surface area contributed by atoms with Gasteiger partial charge in [0.2, 0.25) is 9.84 Å². The molecule has 0 bridgehead atoms. The molecular formula is C11H12BrNO2S. The first-order valence-corrected chi connectivity index (χ1v) is 7.07. The smallest absolute Gasteiger partial charge is 0.205 e. The fourth-order valence-electron chi connectivity index (χ4n) is 1.75. The van der Waals surface area contributed by atoms with Crippen LogP contribution < -0.4 is 5.73 Å². The number of sulfone groups is 1. The highest BCUT2D eigenvalue weighted by atomic mass is 79.9. The number of halogens is 1. The Bertz CT molecular complexity index is 582. The van der Waals surface area contributed by atoms with Gasteiger partial charge in [0.15, 0.2) is 0 Å². The maximum atomic E-state index is 12.2. The van der Waals surface area contributed by atoms with Crippen LogP contribution in [0.3, 0.4) is 0 Å². The summed E-state index contributed by atoms with van der Waals surface area (Å²) in [5, 5.41) is 0.